The van der Waals surface area contributed by atoms with Gasteiger partial charge in [-0.25, -0.2) is 0 Å². The van der Waals surface area contributed by atoms with Crippen LogP contribution in [0, 0.1) is 0 Å². The van der Waals surface area contributed by atoms with Crippen LogP contribution in [0.4, 0.5) is 5.69 Å². The molecule has 11 heteroatoms. The van der Waals surface area contributed by atoms with E-state index in [0.717, 1.165) is 31.6 Å². The van der Waals surface area contributed by atoms with Crippen LogP contribution in [-0.2, 0) is 10.4 Å². The lowest BCUT2D eigenvalue weighted by Gasteiger charge is -2.48. The van der Waals surface area contributed by atoms with Crippen molar-refractivity contribution in [2.24, 2.45) is 0 Å². The largest absolute Gasteiger partial charge is 0.395 e. The minimum atomic E-state index is -1.71. The SMILES string of the molecule is CN(CCO)C(=O)c1ccc(NC2CN(C3CCN(C(=O)[C@@](C)(O)c4cc(Cl)cc(Cl)c4)CC3)C2)cc1Cl. The molecule has 206 valence electrons. The quantitative estimate of drug-likeness (QED) is 0.439. The van der Waals surface area contributed by atoms with Crippen molar-refractivity contribution >= 4 is 52.3 Å². The minimum Gasteiger partial charge on any atom is -0.395 e. The standard InChI is InChI=1S/C27H33Cl3N4O4/c1-27(38,17-11-18(28)13-19(29)12-17)26(37)33-7-5-22(6-8-33)34-15-21(16-34)31-20-3-4-23(24(30)14-20)25(36)32(2)9-10-35/h3-4,11-14,21-22,31,35,38H,5-10,15-16H2,1-2H3/t27-/m0/s1. The van der Waals surface area contributed by atoms with Gasteiger partial charge in [0.1, 0.15) is 0 Å². The number of likely N-dealkylation sites (tertiary alicyclic amines) is 2. The molecule has 0 radical (unpaired) electrons. The summed E-state index contributed by atoms with van der Waals surface area (Å²) in [7, 11) is 1.63. The lowest BCUT2D eigenvalue weighted by atomic mass is 9.92. The number of aliphatic hydroxyl groups excluding tert-OH is 1. The zero-order valence-electron chi connectivity index (χ0n) is 21.5. The second-order valence-electron chi connectivity index (χ2n) is 10.2. The summed E-state index contributed by atoms with van der Waals surface area (Å²) < 4.78 is 0. The van der Waals surface area contributed by atoms with Gasteiger partial charge in [0.25, 0.3) is 11.8 Å². The van der Waals surface area contributed by atoms with Crippen molar-refractivity contribution in [1.29, 1.82) is 0 Å². The van der Waals surface area contributed by atoms with Gasteiger partial charge in [0.05, 0.1) is 23.2 Å². The molecule has 0 unspecified atom stereocenters. The summed E-state index contributed by atoms with van der Waals surface area (Å²) in [5.74, 6) is -0.577. The average molecular weight is 584 g/mol. The van der Waals surface area contributed by atoms with Crippen LogP contribution < -0.4 is 5.32 Å². The molecule has 38 heavy (non-hydrogen) atoms. The molecule has 0 spiro atoms. The number of likely N-dealkylation sites (N-methyl/N-ethyl adjacent to an activating group) is 1. The lowest BCUT2D eigenvalue weighted by Crippen LogP contribution is -2.61. The first-order valence-corrected chi connectivity index (χ1v) is 13.8. The maximum absolute atomic E-state index is 13.1. The van der Waals surface area contributed by atoms with E-state index in [4.69, 9.17) is 39.9 Å². The van der Waals surface area contributed by atoms with E-state index in [2.05, 4.69) is 10.2 Å². The zero-order chi connectivity index (χ0) is 27.6. The van der Waals surface area contributed by atoms with Crippen LogP contribution in [0.25, 0.3) is 0 Å². The fraction of sp³-hybridized carbons (Fsp3) is 0.481. The molecule has 8 nitrogen and oxygen atoms in total. The van der Waals surface area contributed by atoms with Crippen molar-refractivity contribution in [3.63, 3.8) is 0 Å². The summed E-state index contributed by atoms with van der Waals surface area (Å²) in [6.07, 6.45) is 1.66. The molecule has 2 aliphatic rings. The van der Waals surface area contributed by atoms with E-state index in [-0.39, 0.29) is 31.0 Å². The summed E-state index contributed by atoms with van der Waals surface area (Å²) in [6, 6.07) is 10.6. The van der Waals surface area contributed by atoms with E-state index in [9.17, 15) is 14.7 Å². The van der Waals surface area contributed by atoms with Crippen molar-refractivity contribution in [2.75, 3.05) is 51.7 Å². The summed E-state index contributed by atoms with van der Waals surface area (Å²) >= 11 is 18.5. The maximum Gasteiger partial charge on any atom is 0.258 e. The van der Waals surface area contributed by atoms with Crippen LogP contribution in [0.1, 0.15) is 35.7 Å². The van der Waals surface area contributed by atoms with Crippen LogP contribution >= 0.6 is 34.8 Å². The Balaban J connectivity index is 1.26. The number of nitrogens with one attached hydrogen (secondary N) is 1. The maximum atomic E-state index is 13.1. The Morgan fingerprint density at radius 1 is 1.08 bits per heavy atom. The number of carbonyl (C=O) groups excluding carboxylic acids is 2. The second-order valence-corrected chi connectivity index (χ2v) is 11.5. The Labute approximate surface area is 238 Å². The number of carbonyl (C=O) groups is 2. The zero-order valence-corrected chi connectivity index (χ0v) is 23.7. The molecule has 2 heterocycles. The molecule has 0 aromatic heterocycles. The van der Waals surface area contributed by atoms with Crippen molar-refractivity contribution in [1.82, 2.24) is 14.7 Å². The molecule has 0 bridgehead atoms. The van der Waals surface area contributed by atoms with Gasteiger partial charge < -0.3 is 25.3 Å². The minimum absolute atomic E-state index is 0.105. The van der Waals surface area contributed by atoms with Gasteiger partial charge in [-0.2, -0.15) is 0 Å². The normalized spacial score (nSPS) is 18.6. The number of rotatable bonds is 8. The topological polar surface area (TPSA) is 96.4 Å². The molecule has 1 atom stereocenters. The third-order valence-corrected chi connectivity index (χ3v) is 8.12. The highest BCUT2D eigenvalue weighted by Crippen LogP contribution is 2.31. The number of benzene rings is 2. The average Bonchev–Trinajstić information content (AvgIpc) is 2.85. The van der Waals surface area contributed by atoms with Crippen molar-refractivity contribution < 1.29 is 19.8 Å². The van der Waals surface area contributed by atoms with E-state index in [1.165, 1.54) is 11.8 Å². The molecule has 2 aliphatic heterocycles. The number of halogens is 3. The van der Waals surface area contributed by atoms with Crippen molar-refractivity contribution in [3.05, 3.63) is 62.6 Å². The van der Waals surface area contributed by atoms with Crippen molar-refractivity contribution in [3.8, 4) is 0 Å². The van der Waals surface area contributed by atoms with Gasteiger partial charge in [0, 0.05) is 61.5 Å². The summed E-state index contributed by atoms with van der Waals surface area (Å²) in [5, 5.41) is 24.6. The fourth-order valence-electron chi connectivity index (χ4n) is 5.07. The number of hydrogen-bond acceptors (Lipinski definition) is 6. The highest BCUT2D eigenvalue weighted by molar-refractivity contribution is 6.35. The Kier molecular flexibility index (Phi) is 9.12. The van der Waals surface area contributed by atoms with Crippen molar-refractivity contribution in [2.45, 2.75) is 37.5 Å². The Hall–Kier alpha value is -2.07. The molecule has 3 N–H and O–H groups in total. The predicted octanol–water partition coefficient (Wildman–Crippen LogP) is 3.71. The fourth-order valence-corrected chi connectivity index (χ4v) is 5.86. The van der Waals surface area contributed by atoms with Gasteiger partial charge >= 0.3 is 0 Å². The van der Waals surface area contributed by atoms with Crippen LogP contribution in [0.15, 0.2) is 36.4 Å². The van der Waals surface area contributed by atoms with Gasteiger partial charge in [-0.05, 0) is 61.7 Å². The molecule has 2 saturated heterocycles. The number of aliphatic hydroxyl groups is 2. The number of hydrogen-bond donors (Lipinski definition) is 3. The number of piperidine rings is 1. The first-order chi connectivity index (χ1) is 18.0. The summed E-state index contributed by atoms with van der Waals surface area (Å²) in [4.78, 5) is 31.1. The molecule has 2 aromatic carbocycles. The van der Waals surface area contributed by atoms with Crippen LogP contribution in [0.3, 0.4) is 0 Å². The first-order valence-electron chi connectivity index (χ1n) is 12.6. The van der Waals surface area contributed by atoms with Crippen LogP contribution in [0.2, 0.25) is 15.1 Å². The number of nitrogens with zero attached hydrogens (tertiary/aromatic N) is 3. The van der Waals surface area contributed by atoms with E-state index in [1.807, 2.05) is 6.07 Å². The van der Waals surface area contributed by atoms with E-state index in [1.54, 1.807) is 42.3 Å². The Morgan fingerprint density at radius 3 is 2.29 bits per heavy atom. The molecule has 0 saturated carbocycles. The van der Waals surface area contributed by atoms with Gasteiger partial charge in [-0.3, -0.25) is 14.5 Å². The Morgan fingerprint density at radius 2 is 1.71 bits per heavy atom. The molecule has 2 fully saturated rings. The van der Waals surface area contributed by atoms with Gasteiger partial charge in [0.15, 0.2) is 5.60 Å². The predicted molar refractivity (Wildman–Crippen MR) is 150 cm³/mol. The smallest absolute Gasteiger partial charge is 0.258 e. The summed E-state index contributed by atoms with van der Waals surface area (Å²) in [6.45, 7) is 4.50. The monoisotopic (exact) mass is 582 g/mol. The van der Waals surface area contributed by atoms with Crippen LogP contribution in [0.5, 0.6) is 0 Å². The van der Waals surface area contributed by atoms with E-state index in [0.29, 0.717) is 45.3 Å². The summed E-state index contributed by atoms with van der Waals surface area (Å²) in [5.41, 5.74) is -0.0663. The molecular formula is C27H33Cl3N4O4. The first kappa shape index (κ1) is 28.9. The molecule has 2 aromatic rings. The molecule has 0 aliphatic carbocycles. The highest BCUT2D eigenvalue weighted by atomic mass is 35.5. The number of anilines is 1. The molecule has 4 rings (SSSR count). The van der Waals surface area contributed by atoms with Gasteiger partial charge in [0.2, 0.25) is 0 Å². The lowest BCUT2D eigenvalue weighted by molar-refractivity contribution is -0.152. The van der Waals surface area contributed by atoms with E-state index >= 15 is 0 Å². The third-order valence-electron chi connectivity index (χ3n) is 7.37. The molecular weight excluding hydrogens is 551 g/mol. The van der Waals surface area contributed by atoms with Crippen LogP contribution in [-0.4, -0.2) is 95.2 Å². The van der Waals surface area contributed by atoms with Gasteiger partial charge in [-0.1, -0.05) is 34.8 Å². The Bertz CT molecular complexity index is 1160. The van der Waals surface area contributed by atoms with E-state index < -0.39 is 5.60 Å². The van der Waals surface area contributed by atoms with Gasteiger partial charge in [-0.15, -0.1) is 0 Å². The second kappa shape index (κ2) is 12.0. The number of amides is 2. The highest BCUT2D eigenvalue weighted by Gasteiger charge is 2.40. The third kappa shape index (κ3) is 6.38. The molecule has 2 amide bonds.